The highest BCUT2D eigenvalue weighted by Gasteiger charge is 1.92. The van der Waals surface area contributed by atoms with Crippen molar-refractivity contribution in [3.8, 4) is 5.00 Å². The first-order valence-corrected chi connectivity index (χ1v) is 3.88. The summed E-state index contributed by atoms with van der Waals surface area (Å²) < 4.78 is 1.85. The summed E-state index contributed by atoms with van der Waals surface area (Å²) in [6.07, 6.45) is 3.71. The summed E-state index contributed by atoms with van der Waals surface area (Å²) in [5.41, 5.74) is 0. The average molecular weight is 150 g/mol. The van der Waals surface area contributed by atoms with E-state index < -0.39 is 0 Å². The van der Waals surface area contributed by atoms with Crippen LogP contribution >= 0.6 is 11.3 Å². The van der Waals surface area contributed by atoms with Crippen molar-refractivity contribution in [3.05, 3.63) is 36.0 Å². The fourth-order valence-corrected chi connectivity index (χ4v) is 1.47. The summed E-state index contributed by atoms with van der Waals surface area (Å²) in [4.78, 5) is 0. The maximum absolute atomic E-state index is 4.09. The highest BCUT2D eigenvalue weighted by atomic mass is 32.1. The Morgan fingerprint density at radius 1 is 1.40 bits per heavy atom. The van der Waals surface area contributed by atoms with E-state index in [1.807, 2.05) is 34.5 Å². The molecule has 0 bridgehead atoms. The Kier molecular flexibility index (Phi) is 1.29. The molecule has 0 spiro atoms. The Morgan fingerprint density at radius 3 is 3.00 bits per heavy atom. The van der Waals surface area contributed by atoms with Crippen LogP contribution in [-0.2, 0) is 0 Å². The van der Waals surface area contributed by atoms with E-state index in [1.165, 1.54) is 0 Å². The fourth-order valence-electron chi connectivity index (χ4n) is 0.799. The predicted molar refractivity (Wildman–Crippen MR) is 41.4 cm³/mol. The van der Waals surface area contributed by atoms with Gasteiger partial charge in [-0.2, -0.15) is 5.10 Å². The normalized spacial score (nSPS) is 10.0. The van der Waals surface area contributed by atoms with Gasteiger partial charge >= 0.3 is 0 Å². The second kappa shape index (κ2) is 2.27. The van der Waals surface area contributed by atoms with Crippen LogP contribution in [0.15, 0.2) is 36.0 Å². The highest BCUT2D eigenvalue weighted by molar-refractivity contribution is 7.12. The molecule has 0 saturated carbocycles. The molecule has 0 amide bonds. The van der Waals surface area contributed by atoms with E-state index in [-0.39, 0.29) is 0 Å². The first-order chi connectivity index (χ1) is 4.97. The zero-order valence-electron chi connectivity index (χ0n) is 5.27. The van der Waals surface area contributed by atoms with E-state index in [9.17, 15) is 0 Å². The van der Waals surface area contributed by atoms with Gasteiger partial charge in [-0.1, -0.05) is 0 Å². The Hall–Kier alpha value is -1.09. The van der Waals surface area contributed by atoms with Crippen molar-refractivity contribution in [3.63, 3.8) is 0 Å². The number of thiophene rings is 1. The van der Waals surface area contributed by atoms with E-state index in [0.717, 1.165) is 5.00 Å². The number of rotatable bonds is 1. The molecule has 0 aliphatic heterocycles. The van der Waals surface area contributed by atoms with Gasteiger partial charge in [-0.25, -0.2) is 4.68 Å². The van der Waals surface area contributed by atoms with Gasteiger partial charge in [0.25, 0.3) is 0 Å². The van der Waals surface area contributed by atoms with Crippen molar-refractivity contribution in [1.29, 1.82) is 0 Å². The van der Waals surface area contributed by atoms with Gasteiger partial charge in [0, 0.05) is 12.4 Å². The van der Waals surface area contributed by atoms with Crippen molar-refractivity contribution in [2.45, 2.75) is 0 Å². The number of hydrogen-bond acceptors (Lipinski definition) is 2. The van der Waals surface area contributed by atoms with E-state index in [4.69, 9.17) is 0 Å². The Labute approximate surface area is 62.7 Å². The third kappa shape index (κ3) is 0.844. The maximum Gasteiger partial charge on any atom is 0.117 e. The molecule has 0 aromatic carbocycles. The summed E-state index contributed by atoms with van der Waals surface area (Å²) in [6.45, 7) is 0. The van der Waals surface area contributed by atoms with Crippen molar-refractivity contribution in [1.82, 2.24) is 9.78 Å². The lowest BCUT2D eigenvalue weighted by atomic mass is 10.6. The molecule has 0 radical (unpaired) electrons. The van der Waals surface area contributed by atoms with Crippen LogP contribution in [0.4, 0.5) is 0 Å². The number of hydrogen-bond donors (Lipinski definition) is 0. The minimum atomic E-state index is 1.16. The molecule has 0 saturated heterocycles. The summed E-state index contributed by atoms with van der Waals surface area (Å²) in [5.74, 6) is 0. The van der Waals surface area contributed by atoms with E-state index in [2.05, 4.69) is 5.10 Å². The summed E-state index contributed by atoms with van der Waals surface area (Å²) >= 11 is 1.68. The van der Waals surface area contributed by atoms with Crippen LogP contribution in [0.3, 0.4) is 0 Å². The Morgan fingerprint density at radius 2 is 2.40 bits per heavy atom. The molecule has 10 heavy (non-hydrogen) atoms. The van der Waals surface area contributed by atoms with Crippen molar-refractivity contribution >= 4 is 11.3 Å². The smallest absolute Gasteiger partial charge is 0.117 e. The standard InChI is InChI=1S/C7H6N2S/c1-3-7(10-6-1)9-5-2-4-8-9/h1-6H. The Bertz CT molecular complexity index is 251. The largest absolute Gasteiger partial charge is 0.231 e. The number of aromatic nitrogens is 2. The molecule has 50 valence electrons. The first kappa shape index (κ1) is 5.68. The van der Waals surface area contributed by atoms with Gasteiger partial charge in [0.05, 0.1) is 0 Å². The molecule has 2 aromatic heterocycles. The topological polar surface area (TPSA) is 17.8 Å². The molecule has 0 unspecified atom stereocenters. The molecule has 2 aromatic rings. The fraction of sp³-hybridized carbons (Fsp3) is 0. The van der Waals surface area contributed by atoms with Crippen molar-refractivity contribution in [2.24, 2.45) is 0 Å². The van der Waals surface area contributed by atoms with Gasteiger partial charge in [-0.15, -0.1) is 11.3 Å². The highest BCUT2D eigenvalue weighted by Crippen LogP contribution is 2.12. The van der Waals surface area contributed by atoms with Crippen LogP contribution in [0, 0.1) is 0 Å². The lowest BCUT2D eigenvalue weighted by Gasteiger charge is -1.91. The van der Waals surface area contributed by atoms with Gasteiger partial charge in [-0.3, -0.25) is 0 Å². The molecule has 0 aliphatic carbocycles. The lowest BCUT2D eigenvalue weighted by Crippen LogP contribution is -1.88. The minimum absolute atomic E-state index is 1.16. The maximum atomic E-state index is 4.09. The van der Waals surface area contributed by atoms with E-state index >= 15 is 0 Å². The molecule has 0 aliphatic rings. The summed E-state index contributed by atoms with van der Waals surface area (Å²) in [6, 6.07) is 5.97. The molecule has 2 rings (SSSR count). The summed E-state index contributed by atoms with van der Waals surface area (Å²) in [5, 5.41) is 7.28. The van der Waals surface area contributed by atoms with Crippen LogP contribution < -0.4 is 0 Å². The van der Waals surface area contributed by atoms with Gasteiger partial charge in [0.1, 0.15) is 5.00 Å². The molecule has 0 N–H and O–H groups in total. The first-order valence-electron chi connectivity index (χ1n) is 3.00. The molecular formula is C7H6N2S. The minimum Gasteiger partial charge on any atom is -0.231 e. The van der Waals surface area contributed by atoms with Gasteiger partial charge in [-0.05, 0) is 23.6 Å². The molecule has 0 fully saturated rings. The second-order valence-electron chi connectivity index (χ2n) is 1.90. The van der Waals surface area contributed by atoms with Crippen LogP contribution in [0.5, 0.6) is 0 Å². The molecule has 3 heteroatoms. The van der Waals surface area contributed by atoms with Crippen molar-refractivity contribution in [2.75, 3.05) is 0 Å². The van der Waals surface area contributed by atoms with Gasteiger partial charge in [0.15, 0.2) is 0 Å². The molecule has 0 atom stereocenters. The molecule has 2 heterocycles. The van der Waals surface area contributed by atoms with Gasteiger partial charge in [0.2, 0.25) is 0 Å². The van der Waals surface area contributed by atoms with E-state index in [1.54, 1.807) is 17.5 Å². The third-order valence-corrected chi connectivity index (χ3v) is 2.09. The van der Waals surface area contributed by atoms with Crippen molar-refractivity contribution < 1.29 is 0 Å². The monoisotopic (exact) mass is 150 g/mol. The Balaban J connectivity index is 2.48. The van der Waals surface area contributed by atoms with Crippen LogP contribution in [-0.4, -0.2) is 9.78 Å². The molecular weight excluding hydrogens is 144 g/mol. The second-order valence-corrected chi connectivity index (χ2v) is 2.83. The van der Waals surface area contributed by atoms with Crippen LogP contribution in [0.2, 0.25) is 0 Å². The molecule has 2 nitrogen and oxygen atoms in total. The van der Waals surface area contributed by atoms with E-state index in [0.29, 0.717) is 0 Å². The van der Waals surface area contributed by atoms with Crippen LogP contribution in [0.25, 0.3) is 5.00 Å². The predicted octanol–water partition coefficient (Wildman–Crippen LogP) is 1.93. The quantitative estimate of drug-likeness (QED) is 0.607. The SMILES string of the molecule is c1csc(-n2cccn2)c1. The number of nitrogens with zero attached hydrogens (tertiary/aromatic N) is 2. The summed E-state index contributed by atoms with van der Waals surface area (Å²) in [7, 11) is 0. The van der Waals surface area contributed by atoms with Crippen LogP contribution in [0.1, 0.15) is 0 Å². The van der Waals surface area contributed by atoms with Gasteiger partial charge < -0.3 is 0 Å². The average Bonchev–Trinajstić information content (AvgIpc) is 2.59. The lowest BCUT2D eigenvalue weighted by molar-refractivity contribution is 0.898. The third-order valence-electron chi connectivity index (χ3n) is 1.24. The zero-order chi connectivity index (χ0) is 6.81. The zero-order valence-corrected chi connectivity index (χ0v) is 6.08.